The van der Waals surface area contributed by atoms with Gasteiger partial charge in [0, 0.05) is 11.8 Å². The lowest BCUT2D eigenvalue weighted by atomic mass is 9.77. The van der Waals surface area contributed by atoms with Crippen LogP contribution in [0, 0.1) is 5.92 Å². The number of imide groups is 1. The molecule has 1 saturated heterocycles. The van der Waals surface area contributed by atoms with Gasteiger partial charge in [-0.2, -0.15) is 0 Å². The summed E-state index contributed by atoms with van der Waals surface area (Å²) in [6.45, 7) is 1.63. The maximum atomic E-state index is 13.1. The predicted molar refractivity (Wildman–Crippen MR) is 91.9 cm³/mol. The highest BCUT2D eigenvalue weighted by molar-refractivity contribution is 6.10. The summed E-state index contributed by atoms with van der Waals surface area (Å²) in [5.41, 5.74) is -0.743. The van der Waals surface area contributed by atoms with E-state index in [-0.39, 0.29) is 17.2 Å². The zero-order valence-corrected chi connectivity index (χ0v) is 15.1. The molecule has 3 aliphatic rings. The van der Waals surface area contributed by atoms with Crippen LogP contribution in [0.5, 0.6) is 11.5 Å². The van der Waals surface area contributed by atoms with Crippen LogP contribution in [-0.4, -0.2) is 41.1 Å². The van der Waals surface area contributed by atoms with Gasteiger partial charge in [-0.3, -0.25) is 14.5 Å². The van der Waals surface area contributed by atoms with Crippen molar-refractivity contribution < 1.29 is 32.6 Å². The van der Waals surface area contributed by atoms with Gasteiger partial charge in [-0.25, -0.2) is 4.79 Å². The Labute approximate surface area is 159 Å². The van der Waals surface area contributed by atoms with Crippen molar-refractivity contribution in [2.75, 3.05) is 11.9 Å². The van der Waals surface area contributed by atoms with Crippen LogP contribution in [-0.2, 0) is 9.59 Å². The van der Waals surface area contributed by atoms with Crippen molar-refractivity contribution in [2.45, 2.75) is 44.4 Å². The van der Waals surface area contributed by atoms with Gasteiger partial charge in [0.1, 0.15) is 12.1 Å². The topological polar surface area (TPSA) is 97.0 Å². The molecule has 0 radical (unpaired) electrons. The Bertz CT molecular complexity index is 852. The van der Waals surface area contributed by atoms with Gasteiger partial charge in [-0.1, -0.05) is 6.92 Å². The summed E-state index contributed by atoms with van der Waals surface area (Å²) in [6.07, 6.45) is -1.00. The summed E-state index contributed by atoms with van der Waals surface area (Å²) < 4.78 is 34.8. The van der Waals surface area contributed by atoms with Crippen LogP contribution in [0.2, 0.25) is 0 Å². The second kappa shape index (κ2) is 6.32. The lowest BCUT2D eigenvalue weighted by Crippen LogP contribution is -2.49. The normalized spacial score (nSPS) is 27.8. The molecule has 0 bridgehead atoms. The molecule has 0 unspecified atom stereocenters. The number of fused-ring (bicyclic) bond motifs is 1. The third kappa shape index (κ3) is 3.23. The average molecular weight is 395 g/mol. The Morgan fingerprint density at radius 1 is 1.25 bits per heavy atom. The maximum absolute atomic E-state index is 13.1. The number of anilines is 1. The summed E-state index contributed by atoms with van der Waals surface area (Å²) in [6, 6.07) is 3.18. The van der Waals surface area contributed by atoms with Crippen molar-refractivity contribution in [1.29, 1.82) is 0 Å². The van der Waals surface area contributed by atoms with Crippen molar-refractivity contribution in [3.05, 3.63) is 18.2 Å². The van der Waals surface area contributed by atoms with Crippen LogP contribution in [0.25, 0.3) is 0 Å². The summed E-state index contributed by atoms with van der Waals surface area (Å²) in [7, 11) is 0. The van der Waals surface area contributed by atoms with Crippen LogP contribution in [0.3, 0.4) is 0 Å². The Hall–Kier alpha value is -2.91. The molecular formula is C18H19F2N3O5. The smallest absolute Gasteiger partial charge is 0.395 e. The highest BCUT2D eigenvalue weighted by atomic mass is 19.3. The van der Waals surface area contributed by atoms with Crippen LogP contribution in [0.15, 0.2) is 18.2 Å². The molecule has 4 rings (SSSR count). The minimum atomic E-state index is -3.75. The van der Waals surface area contributed by atoms with Gasteiger partial charge >= 0.3 is 12.3 Å². The van der Waals surface area contributed by atoms with Crippen LogP contribution >= 0.6 is 0 Å². The molecule has 0 aromatic heterocycles. The first-order valence-electron chi connectivity index (χ1n) is 9.01. The van der Waals surface area contributed by atoms with Gasteiger partial charge < -0.3 is 20.1 Å². The molecular weight excluding hydrogens is 376 g/mol. The molecule has 4 amide bonds. The fourth-order valence-electron chi connectivity index (χ4n) is 3.78. The quantitative estimate of drug-likeness (QED) is 0.767. The van der Waals surface area contributed by atoms with Crippen molar-refractivity contribution >= 4 is 23.5 Å². The van der Waals surface area contributed by atoms with Crippen molar-refractivity contribution in [3.63, 3.8) is 0 Å². The van der Waals surface area contributed by atoms with Gasteiger partial charge in [0.15, 0.2) is 11.5 Å². The molecule has 1 saturated carbocycles. The fourth-order valence-corrected chi connectivity index (χ4v) is 3.78. The van der Waals surface area contributed by atoms with Crippen molar-refractivity contribution in [3.8, 4) is 11.5 Å². The second-order valence-corrected chi connectivity index (χ2v) is 7.46. The molecule has 2 fully saturated rings. The van der Waals surface area contributed by atoms with E-state index in [0.29, 0.717) is 18.8 Å². The molecule has 28 heavy (non-hydrogen) atoms. The highest BCUT2D eigenvalue weighted by Gasteiger charge is 2.52. The van der Waals surface area contributed by atoms with Gasteiger partial charge in [0.2, 0.25) is 5.91 Å². The standard InChI is InChI=1S/C18H19F2N3O5/c1-10-4-6-17(7-5-10)15(25)23(16(26)22-17)9-14(24)21-11-2-3-12-13(8-11)28-18(19,20)27-12/h2-3,8,10H,4-7,9H2,1H3,(H,21,24)(H,22,26). The number of amides is 4. The van der Waals surface area contributed by atoms with E-state index in [0.717, 1.165) is 17.7 Å². The van der Waals surface area contributed by atoms with E-state index in [2.05, 4.69) is 27.0 Å². The summed E-state index contributed by atoms with van der Waals surface area (Å²) >= 11 is 0. The minimum absolute atomic E-state index is 0.148. The number of rotatable bonds is 3. The number of ether oxygens (including phenoxy) is 2. The van der Waals surface area contributed by atoms with E-state index in [1.54, 1.807) is 0 Å². The fraction of sp³-hybridized carbons (Fsp3) is 0.500. The lowest BCUT2D eigenvalue weighted by Gasteiger charge is -2.33. The summed E-state index contributed by atoms with van der Waals surface area (Å²) in [5, 5.41) is 5.21. The Balaban J connectivity index is 1.41. The van der Waals surface area contributed by atoms with Gasteiger partial charge in [-0.05, 0) is 43.7 Å². The number of nitrogens with zero attached hydrogens (tertiary/aromatic N) is 1. The maximum Gasteiger partial charge on any atom is 0.586 e. The Morgan fingerprint density at radius 3 is 2.64 bits per heavy atom. The van der Waals surface area contributed by atoms with E-state index in [4.69, 9.17) is 0 Å². The first-order chi connectivity index (χ1) is 13.2. The third-order valence-corrected chi connectivity index (χ3v) is 5.36. The highest BCUT2D eigenvalue weighted by Crippen LogP contribution is 2.42. The van der Waals surface area contributed by atoms with Crippen molar-refractivity contribution in [2.24, 2.45) is 5.92 Å². The number of nitrogens with one attached hydrogen (secondary N) is 2. The zero-order valence-electron chi connectivity index (χ0n) is 15.1. The molecule has 1 spiro atoms. The molecule has 1 aliphatic carbocycles. The monoisotopic (exact) mass is 395 g/mol. The van der Waals surface area contributed by atoms with E-state index >= 15 is 0 Å². The number of carbonyl (C=O) groups excluding carboxylic acids is 3. The molecule has 150 valence electrons. The minimum Gasteiger partial charge on any atom is -0.395 e. The first kappa shape index (κ1) is 18.5. The van der Waals surface area contributed by atoms with Crippen LogP contribution in [0.1, 0.15) is 32.6 Å². The van der Waals surface area contributed by atoms with Crippen LogP contribution < -0.4 is 20.1 Å². The first-order valence-corrected chi connectivity index (χ1v) is 9.01. The molecule has 1 aromatic carbocycles. The molecule has 8 nitrogen and oxygen atoms in total. The van der Waals surface area contributed by atoms with Gasteiger partial charge in [0.25, 0.3) is 5.91 Å². The summed E-state index contributed by atoms with van der Waals surface area (Å²) in [4.78, 5) is 38.2. The van der Waals surface area contributed by atoms with Gasteiger partial charge in [0.05, 0.1) is 0 Å². The number of hydrogen-bond acceptors (Lipinski definition) is 5. The van der Waals surface area contributed by atoms with E-state index in [1.165, 1.54) is 18.2 Å². The number of benzene rings is 1. The SMILES string of the molecule is CC1CCC2(CC1)NC(=O)N(CC(=O)Nc1ccc3c(c1)OC(F)(F)O3)C2=O. The number of hydrogen-bond donors (Lipinski definition) is 2. The number of carbonyl (C=O) groups is 3. The summed E-state index contributed by atoms with van der Waals surface area (Å²) in [5.74, 6) is -0.898. The molecule has 0 atom stereocenters. The zero-order chi connectivity index (χ0) is 20.1. The van der Waals surface area contributed by atoms with Gasteiger partial charge in [-0.15, -0.1) is 8.78 Å². The third-order valence-electron chi connectivity index (χ3n) is 5.36. The predicted octanol–water partition coefficient (Wildman–Crippen LogP) is 2.45. The van der Waals surface area contributed by atoms with E-state index < -0.39 is 36.2 Å². The molecule has 1 aromatic rings. The Morgan fingerprint density at radius 2 is 1.93 bits per heavy atom. The second-order valence-electron chi connectivity index (χ2n) is 7.46. The Kier molecular flexibility index (Phi) is 4.16. The number of urea groups is 1. The average Bonchev–Trinajstić information content (AvgIpc) is 3.04. The van der Waals surface area contributed by atoms with Crippen LogP contribution in [0.4, 0.5) is 19.3 Å². The van der Waals surface area contributed by atoms with Crippen molar-refractivity contribution in [1.82, 2.24) is 10.2 Å². The number of halogens is 2. The van der Waals surface area contributed by atoms with E-state index in [9.17, 15) is 23.2 Å². The molecule has 2 N–H and O–H groups in total. The molecule has 2 heterocycles. The lowest BCUT2D eigenvalue weighted by molar-refractivity contribution is -0.286. The largest absolute Gasteiger partial charge is 0.586 e. The number of alkyl halides is 2. The van der Waals surface area contributed by atoms with E-state index in [1.807, 2.05) is 0 Å². The molecule has 2 aliphatic heterocycles. The molecule has 10 heteroatoms.